The van der Waals surface area contributed by atoms with E-state index in [0.29, 0.717) is 34.2 Å². The van der Waals surface area contributed by atoms with Gasteiger partial charge >= 0.3 is 0 Å². The molecule has 0 aliphatic heterocycles. The summed E-state index contributed by atoms with van der Waals surface area (Å²) < 4.78 is 19.6. The van der Waals surface area contributed by atoms with Gasteiger partial charge in [0.25, 0.3) is 11.4 Å². The van der Waals surface area contributed by atoms with Crippen molar-refractivity contribution in [3.63, 3.8) is 0 Å². The molecule has 9 nitrogen and oxygen atoms in total. The Bertz CT molecular complexity index is 1320. The van der Waals surface area contributed by atoms with Crippen LogP contribution in [0.15, 0.2) is 33.8 Å². The number of methoxy groups -OCH3 is 2. The molecule has 0 radical (unpaired) electrons. The van der Waals surface area contributed by atoms with Crippen molar-refractivity contribution < 1.29 is 14.0 Å². The fourth-order valence-electron chi connectivity index (χ4n) is 3.89. The maximum Gasteiger partial charge on any atom is 0.278 e. The van der Waals surface area contributed by atoms with Crippen LogP contribution in [-0.4, -0.2) is 44.9 Å². The molecule has 0 N–H and O–H groups in total. The number of fused-ring (bicyclic) bond motifs is 3. The third-order valence-electron chi connectivity index (χ3n) is 5.62. The lowest BCUT2D eigenvalue weighted by atomic mass is 10.2. The summed E-state index contributed by atoms with van der Waals surface area (Å²) in [6, 6.07) is 5.18. The average molecular weight is 430 g/mol. The zero-order valence-electron chi connectivity index (χ0n) is 16.8. The van der Waals surface area contributed by atoms with Crippen LogP contribution in [0, 0.1) is 0 Å². The molecule has 1 atom stereocenters. The highest BCUT2D eigenvalue weighted by atomic mass is 35.5. The predicted molar refractivity (Wildman–Crippen MR) is 110 cm³/mol. The van der Waals surface area contributed by atoms with Crippen molar-refractivity contribution in [1.29, 1.82) is 0 Å². The molecule has 0 amide bonds. The molecule has 30 heavy (non-hydrogen) atoms. The quantitative estimate of drug-likeness (QED) is 0.464. The fourth-order valence-corrected chi connectivity index (χ4v) is 4.06. The Balaban J connectivity index is 1.77. The third-order valence-corrected chi connectivity index (χ3v) is 5.85. The molecule has 0 saturated heterocycles. The van der Waals surface area contributed by atoms with Crippen LogP contribution in [0.25, 0.3) is 28.1 Å². The first-order chi connectivity index (χ1) is 14.5. The second-order valence-corrected chi connectivity index (χ2v) is 7.98. The number of rotatable bonds is 6. The van der Waals surface area contributed by atoms with Crippen LogP contribution in [0.2, 0.25) is 5.02 Å². The summed E-state index contributed by atoms with van der Waals surface area (Å²) in [7, 11) is 3.22. The number of hydrogen-bond acceptors (Lipinski definition) is 7. The Morgan fingerprint density at radius 1 is 1.30 bits per heavy atom. The van der Waals surface area contributed by atoms with Gasteiger partial charge in [0.15, 0.2) is 0 Å². The van der Waals surface area contributed by atoms with Crippen molar-refractivity contribution in [3.05, 3.63) is 45.8 Å². The van der Waals surface area contributed by atoms with Gasteiger partial charge in [-0.05, 0) is 38.0 Å². The molecule has 1 unspecified atom stereocenters. The number of aromatic nitrogens is 5. The summed E-state index contributed by atoms with van der Waals surface area (Å²) >= 11 is 6.23. The highest BCUT2D eigenvalue weighted by Gasteiger charge is 2.50. The van der Waals surface area contributed by atoms with Crippen molar-refractivity contribution >= 4 is 28.2 Å². The van der Waals surface area contributed by atoms with Gasteiger partial charge in [-0.3, -0.25) is 13.8 Å². The molecular formula is C20H20ClN5O4. The lowest BCUT2D eigenvalue weighted by Crippen LogP contribution is -2.28. The highest BCUT2D eigenvalue weighted by molar-refractivity contribution is 6.31. The first-order valence-corrected chi connectivity index (χ1v) is 9.96. The number of benzene rings is 1. The Hall–Kier alpha value is -2.75. The number of ether oxygens (including phenoxy) is 2. The molecule has 156 valence electrons. The second kappa shape index (κ2) is 6.90. The van der Waals surface area contributed by atoms with Crippen LogP contribution in [-0.2, 0) is 15.1 Å². The monoisotopic (exact) mass is 429 g/mol. The Morgan fingerprint density at radius 2 is 2.10 bits per heavy atom. The molecule has 3 heterocycles. The van der Waals surface area contributed by atoms with Gasteiger partial charge in [0, 0.05) is 19.2 Å². The van der Waals surface area contributed by atoms with Crippen molar-refractivity contribution in [2.24, 2.45) is 0 Å². The molecule has 4 aromatic rings. The van der Waals surface area contributed by atoms with E-state index in [9.17, 15) is 4.79 Å². The molecule has 1 aliphatic rings. The van der Waals surface area contributed by atoms with Gasteiger partial charge in [0.2, 0.25) is 5.82 Å². The summed E-state index contributed by atoms with van der Waals surface area (Å²) in [4.78, 5) is 22.5. The Morgan fingerprint density at radius 3 is 2.80 bits per heavy atom. The molecule has 0 bridgehead atoms. The largest absolute Gasteiger partial charge is 0.383 e. The number of hydrogen-bond donors (Lipinski definition) is 0. The minimum Gasteiger partial charge on any atom is -0.383 e. The van der Waals surface area contributed by atoms with E-state index in [1.807, 2.05) is 13.0 Å². The molecule has 0 spiro atoms. The van der Waals surface area contributed by atoms with Crippen LogP contribution in [0.1, 0.15) is 31.7 Å². The lowest BCUT2D eigenvalue weighted by molar-refractivity contribution is 0.0492. The summed E-state index contributed by atoms with van der Waals surface area (Å²) in [6.07, 6.45) is 3.23. The first-order valence-electron chi connectivity index (χ1n) is 9.58. The van der Waals surface area contributed by atoms with E-state index >= 15 is 0 Å². The van der Waals surface area contributed by atoms with Crippen LogP contribution in [0.3, 0.4) is 0 Å². The van der Waals surface area contributed by atoms with E-state index in [1.165, 1.54) is 0 Å². The number of nitrogens with zero attached hydrogens (tertiary/aromatic N) is 5. The zero-order chi connectivity index (χ0) is 21.0. The van der Waals surface area contributed by atoms with E-state index in [0.717, 1.165) is 18.4 Å². The van der Waals surface area contributed by atoms with Crippen molar-refractivity contribution in [2.75, 3.05) is 20.8 Å². The molecule has 5 rings (SSSR count). The molecular weight excluding hydrogens is 410 g/mol. The zero-order valence-corrected chi connectivity index (χ0v) is 17.5. The molecule has 1 saturated carbocycles. The standard InChI is InChI=1S/C20H20ClN5O4/c1-11(9-28-2)26-14-8-12(21)4-5-13(14)25-10-22-15(16(25)18(26)27)17-23-19(30-24-17)20(29-3)6-7-20/h4-5,8,10-11H,6-7,9H2,1-3H3. The summed E-state index contributed by atoms with van der Waals surface area (Å²) in [5.74, 6) is 0.661. The van der Waals surface area contributed by atoms with E-state index in [-0.39, 0.29) is 17.4 Å². The smallest absolute Gasteiger partial charge is 0.278 e. The molecule has 1 aliphatic carbocycles. The Kier molecular flexibility index (Phi) is 4.42. The second-order valence-electron chi connectivity index (χ2n) is 7.55. The van der Waals surface area contributed by atoms with Crippen molar-refractivity contribution in [1.82, 2.24) is 24.1 Å². The lowest BCUT2D eigenvalue weighted by Gasteiger charge is -2.18. The van der Waals surface area contributed by atoms with Gasteiger partial charge in [-0.1, -0.05) is 16.8 Å². The van der Waals surface area contributed by atoms with Crippen LogP contribution < -0.4 is 5.56 Å². The van der Waals surface area contributed by atoms with Gasteiger partial charge < -0.3 is 14.0 Å². The molecule has 3 aromatic heterocycles. The number of halogens is 1. The molecule has 1 fully saturated rings. The minimum absolute atomic E-state index is 0.222. The van der Waals surface area contributed by atoms with E-state index in [1.54, 1.807) is 41.6 Å². The topological polar surface area (TPSA) is 96.7 Å². The van der Waals surface area contributed by atoms with E-state index in [4.69, 9.17) is 25.6 Å². The van der Waals surface area contributed by atoms with Crippen molar-refractivity contribution in [2.45, 2.75) is 31.4 Å². The van der Waals surface area contributed by atoms with Gasteiger partial charge in [-0.15, -0.1) is 0 Å². The summed E-state index contributed by atoms with van der Waals surface area (Å²) in [5.41, 5.74) is 1.45. The highest BCUT2D eigenvalue weighted by Crippen LogP contribution is 2.48. The summed E-state index contributed by atoms with van der Waals surface area (Å²) in [5, 5.41) is 4.61. The Labute approximate surface area is 176 Å². The van der Waals surface area contributed by atoms with Gasteiger partial charge in [-0.25, -0.2) is 4.98 Å². The average Bonchev–Trinajstić information content (AvgIpc) is 3.16. The predicted octanol–water partition coefficient (Wildman–Crippen LogP) is 3.20. The van der Waals surface area contributed by atoms with E-state index in [2.05, 4.69) is 15.1 Å². The van der Waals surface area contributed by atoms with Crippen LogP contribution >= 0.6 is 11.6 Å². The van der Waals surface area contributed by atoms with Gasteiger partial charge in [0.1, 0.15) is 23.1 Å². The van der Waals surface area contributed by atoms with E-state index < -0.39 is 5.60 Å². The SMILES string of the molecule is COCC(C)n1c(=O)c2c(-c3noc(C4(OC)CC4)n3)ncn2c2ccc(Cl)cc21. The van der Waals surface area contributed by atoms with Gasteiger partial charge in [-0.2, -0.15) is 4.98 Å². The van der Waals surface area contributed by atoms with Crippen LogP contribution in [0.5, 0.6) is 0 Å². The minimum atomic E-state index is -0.516. The maximum atomic E-state index is 13.6. The first kappa shape index (κ1) is 19.2. The molecule has 10 heteroatoms. The molecule has 1 aromatic carbocycles. The van der Waals surface area contributed by atoms with Gasteiger partial charge in [0.05, 0.1) is 23.7 Å². The summed E-state index contributed by atoms with van der Waals surface area (Å²) in [6.45, 7) is 2.28. The van der Waals surface area contributed by atoms with Crippen LogP contribution in [0.4, 0.5) is 0 Å². The third kappa shape index (κ3) is 2.77. The number of imidazole rings is 1. The normalized spacial score (nSPS) is 16.4. The van der Waals surface area contributed by atoms with Crippen molar-refractivity contribution in [3.8, 4) is 11.5 Å². The fraction of sp³-hybridized carbons (Fsp3) is 0.400. The maximum absolute atomic E-state index is 13.6.